The Balaban J connectivity index is 2.31. The fraction of sp³-hybridized carbons (Fsp3) is 0.375. The summed E-state index contributed by atoms with van der Waals surface area (Å²) in [6, 6.07) is 0. The van der Waals surface area contributed by atoms with Crippen LogP contribution in [0.25, 0.3) is 0 Å². The van der Waals surface area contributed by atoms with E-state index in [9.17, 15) is 4.79 Å². The summed E-state index contributed by atoms with van der Waals surface area (Å²) in [7, 11) is 1.60. The van der Waals surface area contributed by atoms with Gasteiger partial charge in [0.2, 0.25) is 11.9 Å². The van der Waals surface area contributed by atoms with E-state index in [-0.39, 0.29) is 5.91 Å². The largest absolute Gasteiger partial charge is 0.359 e. The van der Waals surface area contributed by atoms with Crippen LogP contribution in [-0.4, -0.2) is 29.5 Å². The van der Waals surface area contributed by atoms with Crippen LogP contribution < -0.4 is 10.6 Å². The first-order chi connectivity index (χ1) is 6.72. The van der Waals surface area contributed by atoms with Gasteiger partial charge in [0, 0.05) is 20.0 Å². The highest BCUT2D eigenvalue weighted by molar-refractivity contribution is 6.30. The first-order valence-electron chi connectivity index (χ1n) is 4.14. The highest BCUT2D eigenvalue weighted by atomic mass is 35.5. The maximum atomic E-state index is 10.8. The molecule has 0 atom stereocenters. The van der Waals surface area contributed by atoms with Gasteiger partial charge in [0.1, 0.15) is 0 Å². The van der Waals surface area contributed by atoms with E-state index in [1.165, 1.54) is 12.4 Å². The summed E-state index contributed by atoms with van der Waals surface area (Å²) in [6.45, 7) is 0.501. The van der Waals surface area contributed by atoms with Crippen LogP contribution in [0.15, 0.2) is 12.4 Å². The van der Waals surface area contributed by atoms with Crippen molar-refractivity contribution in [2.45, 2.75) is 6.42 Å². The minimum Gasteiger partial charge on any atom is -0.359 e. The topological polar surface area (TPSA) is 66.9 Å². The molecular weight excluding hydrogens is 204 g/mol. The van der Waals surface area contributed by atoms with Crippen LogP contribution >= 0.6 is 11.6 Å². The Kier molecular flexibility index (Phi) is 4.12. The third-order valence-electron chi connectivity index (χ3n) is 1.53. The van der Waals surface area contributed by atoms with Crippen molar-refractivity contribution in [3.63, 3.8) is 0 Å². The van der Waals surface area contributed by atoms with Crippen molar-refractivity contribution in [1.82, 2.24) is 15.3 Å². The predicted molar refractivity (Wildman–Crippen MR) is 54.2 cm³/mol. The maximum Gasteiger partial charge on any atom is 0.222 e. The van der Waals surface area contributed by atoms with Crippen molar-refractivity contribution in [1.29, 1.82) is 0 Å². The lowest BCUT2D eigenvalue weighted by atomic mass is 10.4. The standard InChI is InChI=1S/C8H11ClN4O/c1-10-7(14)2-3-11-8-12-4-6(9)5-13-8/h4-5H,2-3H2,1H3,(H,10,14)(H,11,12,13). The van der Waals surface area contributed by atoms with Crippen LogP contribution in [0.2, 0.25) is 5.02 Å². The molecule has 0 radical (unpaired) electrons. The average molecular weight is 215 g/mol. The summed E-state index contributed by atoms with van der Waals surface area (Å²) in [6.07, 6.45) is 3.38. The molecule has 0 aromatic carbocycles. The lowest BCUT2D eigenvalue weighted by Gasteiger charge is -2.02. The smallest absolute Gasteiger partial charge is 0.222 e. The lowest BCUT2D eigenvalue weighted by molar-refractivity contribution is -0.120. The third kappa shape index (κ3) is 3.57. The molecule has 0 fully saturated rings. The molecule has 1 rings (SSSR count). The second-order valence-electron chi connectivity index (χ2n) is 2.57. The van der Waals surface area contributed by atoms with Gasteiger partial charge in [-0.1, -0.05) is 11.6 Å². The zero-order chi connectivity index (χ0) is 10.4. The van der Waals surface area contributed by atoms with Crippen molar-refractivity contribution in [3.8, 4) is 0 Å². The Morgan fingerprint density at radius 2 is 2.14 bits per heavy atom. The normalized spacial score (nSPS) is 9.57. The highest BCUT2D eigenvalue weighted by Gasteiger charge is 1.98. The molecule has 0 unspecified atom stereocenters. The number of anilines is 1. The molecule has 1 aromatic rings. The Morgan fingerprint density at radius 3 is 2.71 bits per heavy atom. The molecular formula is C8H11ClN4O. The Hall–Kier alpha value is -1.36. The molecule has 0 aliphatic carbocycles. The van der Waals surface area contributed by atoms with E-state index in [2.05, 4.69) is 20.6 Å². The molecule has 5 nitrogen and oxygen atoms in total. The van der Waals surface area contributed by atoms with E-state index in [1.54, 1.807) is 7.05 Å². The maximum absolute atomic E-state index is 10.8. The molecule has 0 aliphatic rings. The van der Waals surface area contributed by atoms with Crippen LogP contribution in [-0.2, 0) is 4.79 Å². The molecule has 1 aromatic heterocycles. The summed E-state index contributed by atoms with van der Waals surface area (Å²) in [4.78, 5) is 18.7. The van der Waals surface area contributed by atoms with Gasteiger partial charge in [-0.2, -0.15) is 0 Å². The number of nitrogens with one attached hydrogen (secondary N) is 2. The number of carbonyl (C=O) groups excluding carboxylic acids is 1. The number of carbonyl (C=O) groups is 1. The molecule has 0 saturated carbocycles. The van der Waals surface area contributed by atoms with Gasteiger partial charge in [0.05, 0.1) is 17.4 Å². The van der Waals surface area contributed by atoms with E-state index in [0.29, 0.717) is 23.9 Å². The minimum absolute atomic E-state index is 0.0218. The Labute approximate surface area is 86.9 Å². The van der Waals surface area contributed by atoms with E-state index in [0.717, 1.165) is 0 Å². The van der Waals surface area contributed by atoms with Gasteiger partial charge in [0.25, 0.3) is 0 Å². The van der Waals surface area contributed by atoms with Gasteiger partial charge < -0.3 is 10.6 Å². The zero-order valence-corrected chi connectivity index (χ0v) is 8.51. The molecule has 0 spiro atoms. The van der Waals surface area contributed by atoms with Crippen molar-refractivity contribution < 1.29 is 4.79 Å². The van der Waals surface area contributed by atoms with Crippen molar-refractivity contribution in [3.05, 3.63) is 17.4 Å². The molecule has 0 aliphatic heterocycles. The molecule has 2 N–H and O–H groups in total. The molecule has 1 amide bonds. The first-order valence-corrected chi connectivity index (χ1v) is 4.52. The zero-order valence-electron chi connectivity index (χ0n) is 7.75. The van der Waals surface area contributed by atoms with Crippen LogP contribution in [0, 0.1) is 0 Å². The molecule has 0 saturated heterocycles. The van der Waals surface area contributed by atoms with Gasteiger partial charge in [-0.25, -0.2) is 9.97 Å². The van der Waals surface area contributed by atoms with Crippen LogP contribution in [0.1, 0.15) is 6.42 Å². The molecule has 0 bridgehead atoms. The minimum atomic E-state index is -0.0218. The SMILES string of the molecule is CNC(=O)CCNc1ncc(Cl)cn1. The second kappa shape index (κ2) is 5.39. The van der Waals surface area contributed by atoms with Gasteiger partial charge in [-0.3, -0.25) is 4.79 Å². The van der Waals surface area contributed by atoms with Crippen LogP contribution in [0.4, 0.5) is 5.95 Å². The van der Waals surface area contributed by atoms with Gasteiger partial charge in [0.15, 0.2) is 0 Å². The quantitative estimate of drug-likeness (QED) is 0.774. The first kappa shape index (κ1) is 10.7. The Morgan fingerprint density at radius 1 is 1.50 bits per heavy atom. The number of hydrogen-bond donors (Lipinski definition) is 2. The summed E-state index contributed by atoms with van der Waals surface area (Å²) in [5.74, 6) is 0.449. The monoisotopic (exact) mass is 214 g/mol. The summed E-state index contributed by atoms with van der Waals surface area (Å²) < 4.78 is 0. The number of halogens is 1. The van der Waals surface area contributed by atoms with Gasteiger partial charge in [-0.05, 0) is 0 Å². The molecule has 14 heavy (non-hydrogen) atoms. The van der Waals surface area contributed by atoms with E-state index in [1.807, 2.05) is 0 Å². The lowest BCUT2D eigenvalue weighted by Crippen LogP contribution is -2.21. The van der Waals surface area contributed by atoms with Crippen LogP contribution in [0.3, 0.4) is 0 Å². The van der Waals surface area contributed by atoms with Gasteiger partial charge >= 0.3 is 0 Å². The number of hydrogen-bond acceptors (Lipinski definition) is 4. The third-order valence-corrected chi connectivity index (χ3v) is 1.73. The second-order valence-corrected chi connectivity index (χ2v) is 3.01. The van der Waals surface area contributed by atoms with Crippen molar-refractivity contribution >= 4 is 23.5 Å². The van der Waals surface area contributed by atoms with Crippen molar-refractivity contribution in [2.24, 2.45) is 0 Å². The fourth-order valence-electron chi connectivity index (χ4n) is 0.816. The predicted octanol–water partition coefficient (Wildman–Crippen LogP) is 0.678. The molecule has 6 heteroatoms. The fourth-order valence-corrected chi connectivity index (χ4v) is 0.914. The summed E-state index contributed by atoms with van der Waals surface area (Å²) in [5, 5.41) is 5.90. The van der Waals surface area contributed by atoms with Gasteiger partial charge in [-0.15, -0.1) is 0 Å². The van der Waals surface area contributed by atoms with Crippen molar-refractivity contribution in [2.75, 3.05) is 18.9 Å². The van der Waals surface area contributed by atoms with Crippen LogP contribution in [0.5, 0.6) is 0 Å². The number of rotatable bonds is 4. The number of nitrogens with zero attached hydrogens (tertiary/aromatic N) is 2. The highest BCUT2D eigenvalue weighted by Crippen LogP contribution is 2.05. The average Bonchev–Trinajstić information content (AvgIpc) is 2.21. The van der Waals surface area contributed by atoms with E-state index >= 15 is 0 Å². The molecule has 76 valence electrons. The van der Waals surface area contributed by atoms with E-state index in [4.69, 9.17) is 11.6 Å². The molecule has 1 heterocycles. The Bertz CT molecular complexity index is 301. The number of aromatic nitrogens is 2. The van der Waals surface area contributed by atoms with E-state index < -0.39 is 0 Å². The summed E-state index contributed by atoms with van der Waals surface area (Å²) in [5.41, 5.74) is 0. The summed E-state index contributed by atoms with van der Waals surface area (Å²) >= 11 is 5.60. The number of amides is 1.